The normalized spacial score (nSPS) is 21.0. The molecular formula is C15H19N3O2S. The molecule has 1 saturated heterocycles. The first kappa shape index (κ1) is 14.3. The molecular weight excluding hydrogens is 286 g/mol. The Morgan fingerprint density at radius 2 is 2.10 bits per heavy atom. The van der Waals surface area contributed by atoms with Gasteiger partial charge in [0.15, 0.2) is 9.84 Å². The van der Waals surface area contributed by atoms with Crippen molar-refractivity contribution >= 4 is 9.84 Å². The topological polar surface area (TPSA) is 55.2 Å². The van der Waals surface area contributed by atoms with Crippen LogP contribution in [-0.2, 0) is 16.4 Å². The first-order valence-corrected chi connectivity index (χ1v) is 8.85. The van der Waals surface area contributed by atoms with Crippen LogP contribution in [0.2, 0.25) is 0 Å². The van der Waals surface area contributed by atoms with Gasteiger partial charge in [0.25, 0.3) is 0 Å². The molecule has 1 aliphatic heterocycles. The number of aromatic nitrogens is 2. The molecule has 1 atom stereocenters. The predicted molar refractivity (Wildman–Crippen MR) is 82.1 cm³/mol. The molecule has 5 nitrogen and oxygen atoms in total. The van der Waals surface area contributed by atoms with Crippen LogP contribution in [0.1, 0.15) is 12.0 Å². The highest BCUT2D eigenvalue weighted by atomic mass is 32.2. The third-order valence-electron chi connectivity index (χ3n) is 3.92. The number of nitrogens with zero attached hydrogens (tertiary/aromatic N) is 3. The third-order valence-corrected chi connectivity index (χ3v) is 5.67. The lowest BCUT2D eigenvalue weighted by Crippen LogP contribution is -2.31. The van der Waals surface area contributed by atoms with Crippen LogP contribution >= 0.6 is 0 Å². The summed E-state index contributed by atoms with van der Waals surface area (Å²) in [5, 5.41) is 4.37. The Hall–Kier alpha value is -1.66. The van der Waals surface area contributed by atoms with E-state index in [1.54, 1.807) is 0 Å². The summed E-state index contributed by atoms with van der Waals surface area (Å²) in [5.74, 6) is 0.585. The van der Waals surface area contributed by atoms with Crippen LogP contribution in [0.3, 0.4) is 0 Å². The third kappa shape index (κ3) is 3.33. The summed E-state index contributed by atoms with van der Waals surface area (Å²) in [5.41, 5.74) is 2.11. The van der Waals surface area contributed by atoms with Crippen LogP contribution in [0.25, 0.3) is 5.69 Å². The minimum atomic E-state index is -2.83. The second-order valence-electron chi connectivity index (χ2n) is 5.60. The molecule has 2 heterocycles. The van der Waals surface area contributed by atoms with Crippen molar-refractivity contribution in [2.24, 2.45) is 0 Å². The summed E-state index contributed by atoms with van der Waals surface area (Å²) in [7, 11) is -0.855. The van der Waals surface area contributed by atoms with Gasteiger partial charge in [-0.15, -0.1) is 0 Å². The molecule has 21 heavy (non-hydrogen) atoms. The first-order valence-electron chi connectivity index (χ1n) is 7.03. The molecule has 1 aromatic carbocycles. The standard InChI is InChI=1S/C15H19N3O2S/c1-17(15-7-8-21(19,20)12-15)10-13-9-16-18(11-13)14-5-3-2-4-6-14/h2-6,9,11,15H,7-8,10,12H2,1H3. The Labute approximate surface area is 125 Å². The van der Waals surface area contributed by atoms with Crippen molar-refractivity contribution in [1.29, 1.82) is 0 Å². The Kier molecular flexibility index (Phi) is 3.82. The van der Waals surface area contributed by atoms with E-state index in [0.717, 1.165) is 17.7 Å². The van der Waals surface area contributed by atoms with E-state index in [1.165, 1.54) is 0 Å². The van der Waals surface area contributed by atoms with Gasteiger partial charge >= 0.3 is 0 Å². The van der Waals surface area contributed by atoms with Crippen LogP contribution in [-0.4, -0.2) is 47.7 Å². The van der Waals surface area contributed by atoms with Crippen molar-refractivity contribution in [3.8, 4) is 5.69 Å². The predicted octanol–water partition coefficient (Wildman–Crippen LogP) is 1.49. The second-order valence-corrected chi connectivity index (χ2v) is 7.83. The first-order chi connectivity index (χ1) is 10.0. The molecule has 112 valence electrons. The van der Waals surface area contributed by atoms with Gasteiger partial charge in [0.05, 0.1) is 23.4 Å². The summed E-state index contributed by atoms with van der Waals surface area (Å²) in [6.07, 6.45) is 4.56. The van der Waals surface area contributed by atoms with Gasteiger partial charge in [-0.1, -0.05) is 18.2 Å². The average molecular weight is 305 g/mol. The largest absolute Gasteiger partial charge is 0.298 e. The van der Waals surface area contributed by atoms with Crippen molar-refractivity contribution in [2.75, 3.05) is 18.6 Å². The molecule has 0 amide bonds. The lowest BCUT2D eigenvalue weighted by Gasteiger charge is -2.22. The molecule has 2 aromatic rings. The van der Waals surface area contributed by atoms with E-state index in [4.69, 9.17) is 0 Å². The molecule has 1 aromatic heterocycles. The Balaban J connectivity index is 1.68. The van der Waals surface area contributed by atoms with Gasteiger partial charge in [-0.05, 0) is 25.6 Å². The van der Waals surface area contributed by atoms with E-state index in [9.17, 15) is 8.42 Å². The van der Waals surface area contributed by atoms with Gasteiger partial charge in [0.1, 0.15) is 0 Å². The summed E-state index contributed by atoms with van der Waals surface area (Å²) in [4.78, 5) is 2.11. The van der Waals surface area contributed by atoms with E-state index < -0.39 is 9.84 Å². The van der Waals surface area contributed by atoms with Crippen LogP contribution in [0.5, 0.6) is 0 Å². The second kappa shape index (κ2) is 5.61. The quantitative estimate of drug-likeness (QED) is 0.859. The van der Waals surface area contributed by atoms with E-state index in [1.807, 2.05) is 54.5 Å². The smallest absolute Gasteiger partial charge is 0.151 e. The fraction of sp³-hybridized carbons (Fsp3) is 0.400. The number of rotatable bonds is 4. The minimum Gasteiger partial charge on any atom is -0.298 e. The molecule has 0 bridgehead atoms. The Morgan fingerprint density at radius 1 is 1.33 bits per heavy atom. The maximum atomic E-state index is 11.5. The SMILES string of the molecule is CN(Cc1cnn(-c2ccccc2)c1)C1CCS(=O)(=O)C1. The summed E-state index contributed by atoms with van der Waals surface area (Å²) < 4.78 is 24.9. The minimum absolute atomic E-state index is 0.120. The average Bonchev–Trinajstić information content (AvgIpc) is 3.06. The number of para-hydroxylation sites is 1. The summed E-state index contributed by atoms with van der Waals surface area (Å²) in [6, 6.07) is 10.1. The zero-order valence-electron chi connectivity index (χ0n) is 12.0. The van der Waals surface area contributed by atoms with E-state index in [-0.39, 0.29) is 11.8 Å². The summed E-state index contributed by atoms with van der Waals surface area (Å²) >= 11 is 0. The van der Waals surface area contributed by atoms with Crippen molar-refractivity contribution in [2.45, 2.75) is 19.0 Å². The molecule has 1 aliphatic rings. The number of sulfone groups is 1. The lowest BCUT2D eigenvalue weighted by atomic mass is 10.2. The zero-order chi connectivity index (χ0) is 14.9. The van der Waals surface area contributed by atoms with Gasteiger partial charge in [0.2, 0.25) is 0 Å². The van der Waals surface area contributed by atoms with Crippen LogP contribution in [0.4, 0.5) is 0 Å². The molecule has 6 heteroatoms. The molecule has 0 radical (unpaired) electrons. The van der Waals surface area contributed by atoms with Gasteiger partial charge in [-0.25, -0.2) is 13.1 Å². The zero-order valence-corrected chi connectivity index (χ0v) is 12.8. The molecule has 0 aliphatic carbocycles. The van der Waals surface area contributed by atoms with E-state index in [0.29, 0.717) is 12.3 Å². The van der Waals surface area contributed by atoms with Crippen LogP contribution in [0, 0.1) is 0 Å². The van der Waals surface area contributed by atoms with Crippen molar-refractivity contribution in [3.63, 3.8) is 0 Å². The number of benzene rings is 1. The number of hydrogen-bond donors (Lipinski definition) is 0. The summed E-state index contributed by atoms with van der Waals surface area (Å²) in [6.45, 7) is 0.715. The maximum Gasteiger partial charge on any atom is 0.151 e. The van der Waals surface area contributed by atoms with Gasteiger partial charge in [-0.3, -0.25) is 4.90 Å². The number of hydrogen-bond acceptors (Lipinski definition) is 4. The molecule has 0 spiro atoms. The van der Waals surface area contributed by atoms with Crippen LogP contribution in [0.15, 0.2) is 42.7 Å². The molecule has 1 fully saturated rings. The van der Waals surface area contributed by atoms with Crippen LogP contribution < -0.4 is 0 Å². The van der Waals surface area contributed by atoms with Gasteiger partial charge < -0.3 is 0 Å². The van der Waals surface area contributed by atoms with Crippen molar-refractivity contribution in [3.05, 3.63) is 48.3 Å². The Morgan fingerprint density at radius 3 is 2.76 bits per heavy atom. The monoisotopic (exact) mass is 305 g/mol. The molecule has 0 saturated carbocycles. The molecule has 3 rings (SSSR count). The van der Waals surface area contributed by atoms with Crippen molar-refractivity contribution in [1.82, 2.24) is 14.7 Å². The maximum absolute atomic E-state index is 11.5. The lowest BCUT2D eigenvalue weighted by molar-refractivity contribution is 0.254. The highest BCUT2D eigenvalue weighted by Gasteiger charge is 2.30. The Bertz CT molecular complexity index is 710. The van der Waals surface area contributed by atoms with E-state index >= 15 is 0 Å². The molecule has 1 unspecified atom stereocenters. The fourth-order valence-electron chi connectivity index (χ4n) is 2.70. The highest BCUT2D eigenvalue weighted by Crippen LogP contribution is 2.18. The van der Waals surface area contributed by atoms with E-state index in [2.05, 4.69) is 10.00 Å². The highest BCUT2D eigenvalue weighted by molar-refractivity contribution is 7.91. The van der Waals surface area contributed by atoms with Gasteiger partial charge in [-0.2, -0.15) is 5.10 Å². The van der Waals surface area contributed by atoms with Gasteiger partial charge in [0, 0.05) is 24.3 Å². The molecule has 0 N–H and O–H groups in total. The van der Waals surface area contributed by atoms with Crippen molar-refractivity contribution < 1.29 is 8.42 Å². The fourth-order valence-corrected chi connectivity index (χ4v) is 4.51.